The second-order valence-corrected chi connectivity index (χ2v) is 4.31. The third-order valence-electron chi connectivity index (χ3n) is 2.37. The zero-order chi connectivity index (χ0) is 16.1. The fourth-order valence-corrected chi connectivity index (χ4v) is 1.40. The normalized spacial score (nSPS) is 8.26. The van der Waals surface area contributed by atoms with Crippen molar-refractivity contribution in [2.45, 2.75) is 39.5 Å². The van der Waals surface area contributed by atoms with Gasteiger partial charge >= 0.3 is 103 Å². The van der Waals surface area contributed by atoms with E-state index in [0.29, 0.717) is 12.8 Å². The maximum atomic E-state index is 9.49. The van der Waals surface area contributed by atoms with E-state index in [-0.39, 0.29) is 116 Å². The van der Waals surface area contributed by atoms with Crippen LogP contribution in [0.15, 0.2) is 36.5 Å². The standard InChI is InChI=1S/C8H7N.2C4H8O2.2K/c1-2-4-8-7(3-1)5-6-9-8;2*1-2-3-4(5)6;;/h1-6,9H;2*2-3H2,1H3,(H,5,6);;/q;;;2*+1/p-2. The largest absolute Gasteiger partial charge is 1.00 e. The minimum atomic E-state index is -0.961. The van der Waals surface area contributed by atoms with Crippen LogP contribution in [0.4, 0.5) is 0 Å². The van der Waals surface area contributed by atoms with Gasteiger partial charge < -0.3 is 24.8 Å². The Labute approximate surface area is 222 Å². The molecule has 1 aromatic carbocycles. The van der Waals surface area contributed by atoms with E-state index in [2.05, 4.69) is 23.2 Å². The number of hydrogen-bond donors (Lipinski definition) is 1. The molecule has 5 nitrogen and oxygen atoms in total. The molecular formula is C16H21K2NO4. The van der Waals surface area contributed by atoms with Crippen LogP contribution in [0.2, 0.25) is 0 Å². The number of carboxylic acids is 2. The second-order valence-electron chi connectivity index (χ2n) is 4.31. The number of aromatic nitrogens is 1. The Morgan fingerprint density at radius 3 is 1.74 bits per heavy atom. The van der Waals surface area contributed by atoms with Crippen molar-refractivity contribution in [2.24, 2.45) is 0 Å². The smallest absolute Gasteiger partial charge is 0.550 e. The number of aromatic amines is 1. The summed E-state index contributed by atoms with van der Waals surface area (Å²) in [6, 6.07) is 10.3. The number of carbonyl (C=O) groups excluding carboxylic acids is 2. The van der Waals surface area contributed by atoms with Crippen LogP contribution < -0.4 is 113 Å². The van der Waals surface area contributed by atoms with Gasteiger partial charge in [-0.3, -0.25) is 0 Å². The van der Waals surface area contributed by atoms with Crippen LogP contribution in [0.5, 0.6) is 0 Å². The summed E-state index contributed by atoms with van der Waals surface area (Å²) in [4.78, 5) is 22.1. The predicted molar refractivity (Wildman–Crippen MR) is 78.1 cm³/mol. The predicted octanol–water partition coefficient (Wildman–Crippen LogP) is -4.75. The topological polar surface area (TPSA) is 96.0 Å². The Balaban J connectivity index is -0.000000261. The third kappa shape index (κ3) is 17.6. The maximum absolute atomic E-state index is 9.49. The van der Waals surface area contributed by atoms with Crippen LogP contribution in [0, 0.1) is 0 Å². The summed E-state index contributed by atoms with van der Waals surface area (Å²) in [6.45, 7) is 3.60. The van der Waals surface area contributed by atoms with Gasteiger partial charge in [-0.2, -0.15) is 0 Å². The van der Waals surface area contributed by atoms with Crippen LogP contribution in [-0.2, 0) is 9.59 Å². The van der Waals surface area contributed by atoms with E-state index in [9.17, 15) is 19.8 Å². The molecule has 1 heterocycles. The van der Waals surface area contributed by atoms with Gasteiger partial charge in [0.2, 0.25) is 0 Å². The molecule has 0 saturated heterocycles. The van der Waals surface area contributed by atoms with Gasteiger partial charge in [0.05, 0.1) is 0 Å². The molecule has 0 radical (unpaired) electrons. The van der Waals surface area contributed by atoms with Gasteiger partial charge in [0, 0.05) is 23.7 Å². The zero-order valence-electron chi connectivity index (χ0n) is 14.4. The Bertz CT molecular complexity index is 497. The van der Waals surface area contributed by atoms with E-state index in [1.54, 1.807) is 13.8 Å². The Kier molecular flexibility index (Phi) is 24.1. The number of H-pyrrole nitrogens is 1. The van der Waals surface area contributed by atoms with Gasteiger partial charge in [-0.05, 0) is 30.4 Å². The van der Waals surface area contributed by atoms with Crippen molar-refractivity contribution in [3.05, 3.63) is 36.5 Å². The van der Waals surface area contributed by atoms with Crippen molar-refractivity contribution >= 4 is 22.8 Å². The minimum Gasteiger partial charge on any atom is -0.550 e. The summed E-state index contributed by atoms with van der Waals surface area (Å²) in [5, 5.41) is 20.3. The summed E-state index contributed by atoms with van der Waals surface area (Å²) >= 11 is 0. The molecule has 1 N–H and O–H groups in total. The molecule has 0 aliphatic heterocycles. The quantitative estimate of drug-likeness (QED) is 0.548. The number of hydrogen-bond acceptors (Lipinski definition) is 4. The first kappa shape index (κ1) is 28.8. The summed E-state index contributed by atoms with van der Waals surface area (Å²) in [6.07, 6.45) is 3.65. The van der Waals surface area contributed by atoms with Gasteiger partial charge in [0.15, 0.2) is 0 Å². The number of para-hydroxylation sites is 1. The maximum Gasteiger partial charge on any atom is 1.00 e. The second kappa shape index (κ2) is 19.3. The Hall–Kier alpha value is 0.973. The van der Waals surface area contributed by atoms with Crippen LogP contribution in [0.1, 0.15) is 39.5 Å². The first-order valence-corrected chi connectivity index (χ1v) is 6.93. The van der Waals surface area contributed by atoms with Gasteiger partial charge in [-0.15, -0.1) is 0 Å². The molecule has 2 aromatic rings. The molecule has 0 bridgehead atoms. The number of carbonyl (C=O) groups is 2. The van der Waals surface area contributed by atoms with Crippen molar-refractivity contribution in [3.63, 3.8) is 0 Å². The Morgan fingerprint density at radius 1 is 0.913 bits per heavy atom. The van der Waals surface area contributed by atoms with Crippen molar-refractivity contribution < 1.29 is 123 Å². The molecule has 0 amide bonds. The van der Waals surface area contributed by atoms with E-state index >= 15 is 0 Å². The van der Waals surface area contributed by atoms with Crippen molar-refractivity contribution in [1.82, 2.24) is 4.98 Å². The Morgan fingerprint density at radius 2 is 1.39 bits per heavy atom. The van der Waals surface area contributed by atoms with Crippen LogP contribution in [0.25, 0.3) is 10.9 Å². The van der Waals surface area contributed by atoms with E-state index in [4.69, 9.17) is 0 Å². The molecule has 23 heavy (non-hydrogen) atoms. The number of carboxylic acid groups (broad SMARTS) is 2. The molecule has 0 saturated carbocycles. The molecular weight excluding hydrogens is 348 g/mol. The van der Waals surface area contributed by atoms with E-state index in [1.807, 2.05) is 18.3 Å². The van der Waals surface area contributed by atoms with Crippen molar-refractivity contribution in [1.29, 1.82) is 0 Å². The molecule has 1 aromatic heterocycles. The van der Waals surface area contributed by atoms with Crippen LogP contribution >= 0.6 is 0 Å². The van der Waals surface area contributed by atoms with Crippen molar-refractivity contribution in [3.8, 4) is 0 Å². The number of fused-ring (bicyclic) bond motifs is 1. The van der Waals surface area contributed by atoms with Crippen LogP contribution in [-0.4, -0.2) is 16.9 Å². The monoisotopic (exact) mass is 369 g/mol. The SMILES string of the molecule is CCCC(=O)[O-].CCCC(=O)[O-].[K+].[K+].c1ccc2[nH]ccc2c1. The van der Waals surface area contributed by atoms with E-state index in [0.717, 1.165) is 0 Å². The average molecular weight is 370 g/mol. The first-order chi connectivity index (χ1) is 10.0. The molecule has 0 unspecified atom stereocenters. The van der Waals surface area contributed by atoms with Crippen molar-refractivity contribution in [2.75, 3.05) is 0 Å². The number of rotatable bonds is 4. The van der Waals surface area contributed by atoms with Gasteiger partial charge in [-0.25, -0.2) is 0 Å². The van der Waals surface area contributed by atoms with Gasteiger partial charge in [-0.1, -0.05) is 44.9 Å². The average Bonchev–Trinajstić information content (AvgIpc) is 2.88. The zero-order valence-corrected chi connectivity index (χ0v) is 20.7. The van der Waals surface area contributed by atoms with Crippen LogP contribution in [0.3, 0.4) is 0 Å². The molecule has 0 fully saturated rings. The summed E-state index contributed by atoms with van der Waals surface area (Å²) in [5.41, 5.74) is 1.21. The van der Waals surface area contributed by atoms with Gasteiger partial charge in [0.1, 0.15) is 0 Å². The first-order valence-electron chi connectivity index (χ1n) is 6.93. The number of nitrogens with one attached hydrogen (secondary N) is 1. The van der Waals surface area contributed by atoms with E-state index in [1.165, 1.54) is 10.9 Å². The third-order valence-corrected chi connectivity index (χ3v) is 2.37. The summed E-state index contributed by atoms with van der Waals surface area (Å²) in [7, 11) is 0. The number of benzene rings is 1. The summed E-state index contributed by atoms with van der Waals surface area (Å²) < 4.78 is 0. The molecule has 0 aliphatic rings. The minimum absolute atomic E-state index is 0. The molecule has 0 aliphatic carbocycles. The molecule has 0 spiro atoms. The molecule has 116 valence electrons. The number of aliphatic carboxylic acids is 2. The summed E-state index contributed by atoms with van der Waals surface area (Å²) in [5.74, 6) is -1.92. The fourth-order valence-electron chi connectivity index (χ4n) is 1.40. The van der Waals surface area contributed by atoms with Gasteiger partial charge in [0.25, 0.3) is 0 Å². The molecule has 0 atom stereocenters. The van der Waals surface area contributed by atoms with E-state index < -0.39 is 11.9 Å². The molecule has 7 heteroatoms. The molecule has 2 rings (SSSR count). The fraction of sp³-hybridized carbons (Fsp3) is 0.375.